The van der Waals surface area contributed by atoms with Gasteiger partial charge in [0, 0.05) is 12.5 Å². The molecule has 0 fully saturated rings. The van der Waals surface area contributed by atoms with Crippen LogP contribution < -0.4 is 9.47 Å². The molecule has 0 bridgehead atoms. The molecular weight excluding hydrogens is 268 g/mol. The summed E-state index contributed by atoms with van der Waals surface area (Å²) in [5.41, 5.74) is 0.349. The molecule has 110 valence electrons. The van der Waals surface area contributed by atoms with Gasteiger partial charge in [-0.15, -0.1) is 0 Å². The van der Waals surface area contributed by atoms with Crippen LogP contribution in [0.1, 0.15) is 17.3 Å². The number of hydrogen-bond donors (Lipinski definition) is 2. The lowest BCUT2D eigenvalue weighted by atomic mass is 10.1. The first-order valence-electron chi connectivity index (χ1n) is 5.66. The molecule has 0 aliphatic rings. The standard InChI is InChI=1S/C13H16O7/c1-13(17,11(15)12(16)19-3)20-9-5-4-8(7-14)6-10(9)18-2/h4-7,11,15,17H,1-3H3. The van der Waals surface area contributed by atoms with Crippen molar-refractivity contribution in [3.8, 4) is 11.5 Å². The Labute approximate surface area is 115 Å². The lowest BCUT2D eigenvalue weighted by Crippen LogP contribution is -2.49. The molecule has 0 aromatic heterocycles. The van der Waals surface area contributed by atoms with Crippen LogP contribution in [-0.4, -0.2) is 48.6 Å². The molecule has 2 atom stereocenters. The van der Waals surface area contributed by atoms with Gasteiger partial charge in [0.05, 0.1) is 14.2 Å². The maximum absolute atomic E-state index is 11.2. The largest absolute Gasteiger partial charge is 0.493 e. The fourth-order valence-corrected chi connectivity index (χ4v) is 1.45. The van der Waals surface area contributed by atoms with E-state index in [1.54, 1.807) is 0 Å². The monoisotopic (exact) mass is 284 g/mol. The highest BCUT2D eigenvalue weighted by Gasteiger charge is 2.40. The summed E-state index contributed by atoms with van der Waals surface area (Å²) in [5, 5.41) is 19.6. The maximum atomic E-state index is 11.2. The summed E-state index contributed by atoms with van der Waals surface area (Å²) in [5.74, 6) is -3.03. The minimum Gasteiger partial charge on any atom is -0.493 e. The van der Waals surface area contributed by atoms with E-state index >= 15 is 0 Å². The van der Waals surface area contributed by atoms with Crippen LogP contribution in [0.25, 0.3) is 0 Å². The van der Waals surface area contributed by atoms with Gasteiger partial charge in [-0.25, -0.2) is 4.79 Å². The van der Waals surface area contributed by atoms with E-state index in [0.29, 0.717) is 11.8 Å². The predicted octanol–water partition coefficient (Wildman–Crippen LogP) is 0.129. The molecule has 0 saturated heterocycles. The molecule has 0 aliphatic carbocycles. The minimum absolute atomic E-state index is 0.0612. The fourth-order valence-electron chi connectivity index (χ4n) is 1.45. The van der Waals surface area contributed by atoms with Crippen LogP contribution in [0.5, 0.6) is 11.5 Å². The molecule has 7 nitrogen and oxygen atoms in total. The Bertz CT molecular complexity index is 495. The SMILES string of the molecule is COC(=O)C(O)C(C)(O)Oc1ccc(C=O)cc1OC. The number of rotatable bonds is 6. The highest BCUT2D eigenvalue weighted by molar-refractivity contribution is 5.77. The second-order valence-electron chi connectivity index (χ2n) is 4.11. The quantitative estimate of drug-likeness (QED) is 0.435. The summed E-state index contributed by atoms with van der Waals surface area (Å²) < 4.78 is 14.5. The normalized spacial score (nSPS) is 14.8. The Balaban J connectivity index is 3.02. The number of aliphatic hydroxyl groups is 2. The third-order valence-corrected chi connectivity index (χ3v) is 2.57. The molecule has 2 N–H and O–H groups in total. The van der Waals surface area contributed by atoms with Gasteiger partial charge in [-0.3, -0.25) is 4.79 Å². The Morgan fingerprint density at radius 3 is 2.50 bits per heavy atom. The number of carbonyl (C=O) groups excluding carboxylic acids is 2. The van der Waals surface area contributed by atoms with Crippen molar-refractivity contribution in [2.45, 2.75) is 18.8 Å². The van der Waals surface area contributed by atoms with Crippen LogP contribution in [0.2, 0.25) is 0 Å². The first-order valence-corrected chi connectivity index (χ1v) is 5.66. The number of carbonyl (C=O) groups is 2. The summed E-state index contributed by atoms with van der Waals surface area (Å²) in [6.45, 7) is 1.10. The lowest BCUT2D eigenvalue weighted by molar-refractivity contribution is -0.208. The van der Waals surface area contributed by atoms with E-state index in [1.165, 1.54) is 25.3 Å². The Kier molecular flexibility index (Phi) is 5.06. The number of benzene rings is 1. The summed E-state index contributed by atoms with van der Waals surface area (Å²) in [7, 11) is 2.42. The lowest BCUT2D eigenvalue weighted by Gasteiger charge is -2.28. The van der Waals surface area contributed by atoms with Gasteiger partial charge >= 0.3 is 5.97 Å². The smallest absolute Gasteiger partial charge is 0.341 e. The first-order chi connectivity index (χ1) is 9.35. The van der Waals surface area contributed by atoms with Crippen molar-refractivity contribution in [2.75, 3.05) is 14.2 Å². The molecule has 1 aromatic carbocycles. The van der Waals surface area contributed by atoms with Gasteiger partial charge in [0.15, 0.2) is 11.5 Å². The number of ether oxygens (including phenoxy) is 3. The number of methoxy groups -OCH3 is 2. The number of hydrogen-bond acceptors (Lipinski definition) is 7. The zero-order valence-electron chi connectivity index (χ0n) is 11.3. The topological polar surface area (TPSA) is 102 Å². The molecule has 2 unspecified atom stereocenters. The summed E-state index contributed by atoms with van der Waals surface area (Å²) in [6.07, 6.45) is -1.28. The molecule has 0 saturated carbocycles. The average Bonchev–Trinajstić information content (AvgIpc) is 2.45. The first kappa shape index (κ1) is 15.9. The van der Waals surface area contributed by atoms with Crippen molar-refractivity contribution in [3.63, 3.8) is 0 Å². The highest BCUT2D eigenvalue weighted by Crippen LogP contribution is 2.31. The van der Waals surface area contributed by atoms with E-state index < -0.39 is 17.9 Å². The van der Waals surface area contributed by atoms with Crippen molar-refractivity contribution in [3.05, 3.63) is 23.8 Å². The Morgan fingerprint density at radius 2 is 2.00 bits per heavy atom. The van der Waals surface area contributed by atoms with Crippen molar-refractivity contribution in [1.82, 2.24) is 0 Å². The van der Waals surface area contributed by atoms with Gasteiger partial charge in [-0.2, -0.15) is 0 Å². The van der Waals surface area contributed by atoms with Crippen molar-refractivity contribution in [1.29, 1.82) is 0 Å². The van der Waals surface area contributed by atoms with Gasteiger partial charge in [-0.1, -0.05) is 0 Å². The van der Waals surface area contributed by atoms with Gasteiger partial charge in [-0.05, 0) is 18.2 Å². The summed E-state index contributed by atoms with van der Waals surface area (Å²) >= 11 is 0. The van der Waals surface area contributed by atoms with Crippen LogP contribution in [0.3, 0.4) is 0 Å². The molecule has 0 spiro atoms. The summed E-state index contributed by atoms with van der Waals surface area (Å²) in [6, 6.07) is 4.20. The molecule has 1 rings (SSSR count). The second kappa shape index (κ2) is 6.36. The number of aldehydes is 1. The highest BCUT2D eigenvalue weighted by atomic mass is 16.7. The third kappa shape index (κ3) is 3.46. The van der Waals surface area contributed by atoms with Gasteiger partial charge < -0.3 is 24.4 Å². The van der Waals surface area contributed by atoms with E-state index in [4.69, 9.17) is 9.47 Å². The Hall–Kier alpha value is -2.12. The minimum atomic E-state index is -2.22. The van der Waals surface area contributed by atoms with E-state index in [2.05, 4.69) is 4.74 Å². The van der Waals surface area contributed by atoms with E-state index in [0.717, 1.165) is 14.0 Å². The maximum Gasteiger partial charge on any atom is 0.341 e. The molecule has 7 heteroatoms. The van der Waals surface area contributed by atoms with Crippen molar-refractivity contribution >= 4 is 12.3 Å². The van der Waals surface area contributed by atoms with Crippen molar-refractivity contribution in [2.24, 2.45) is 0 Å². The molecule has 0 amide bonds. The van der Waals surface area contributed by atoms with Gasteiger partial charge in [0.2, 0.25) is 11.9 Å². The molecule has 20 heavy (non-hydrogen) atoms. The van der Waals surface area contributed by atoms with E-state index in [-0.39, 0.29) is 11.5 Å². The van der Waals surface area contributed by atoms with Crippen LogP contribution in [0, 0.1) is 0 Å². The molecule has 0 heterocycles. The third-order valence-electron chi connectivity index (χ3n) is 2.57. The fraction of sp³-hybridized carbons (Fsp3) is 0.385. The van der Waals surface area contributed by atoms with Gasteiger partial charge in [0.1, 0.15) is 6.29 Å². The van der Waals surface area contributed by atoms with Crippen LogP contribution >= 0.6 is 0 Å². The van der Waals surface area contributed by atoms with Crippen LogP contribution in [0.4, 0.5) is 0 Å². The zero-order valence-corrected chi connectivity index (χ0v) is 11.3. The molecule has 0 aliphatic heterocycles. The summed E-state index contributed by atoms with van der Waals surface area (Å²) in [4.78, 5) is 21.9. The van der Waals surface area contributed by atoms with Crippen LogP contribution in [0.15, 0.2) is 18.2 Å². The van der Waals surface area contributed by atoms with Crippen molar-refractivity contribution < 1.29 is 34.0 Å². The zero-order chi connectivity index (χ0) is 15.3. The second-order valence-corrected chi connectivity index (χ2v) is 4.11. The average molecular weight is 284 g/mol. The molecule has 0 radical (unpaired) electrons. The van der Waals surface area contributed by atoms with E-state index in [9.17, 15) is 19.8 Å². The predicted molar refractivity (Wildman–Crippen MR) is 67.7 cm³/mol. The molecule has 1 aromatic rings. The van der Waals surface area contributed by atoms with Gasteiger partial charge in [0.25, 0.3) is 0 Å². The number of aliphatic hydroxyl groups excluding tert-OH is 1. The molecular formula is C13H16O7. The van der Waals surface area contributed by atoms with E-state index in [1.807, 2.05) is 0 Å². The number of esters is 1. The Morgan fingerprint density at radius 1 is 1.35 bits per heavy atom. The van der Waals surface area contributed by atoms with Crippen LogP contribution in [-0.2, 0) is 9.53 Å².